The maximum absolute atomic E-state index is 14.2. The number of carbonyl (C=O) groups is 2. The van der Waals surface area contributed by atoms with Crippen molar-refractivity contribution in [2.45, 2.75) is 126 Å². The molecule has 1 aliphatic heterocycles. The predicted octanol–water partition coefficient (Wildman–Crippen LogP) is 3.12. The fraction of sp³-hybridized carbons (Fsp3) is 0.696. The molecule has 0 aromatic heterocycles. The van der Waals surface area contributed by atoms with E-state index in [0.717, 1.165) is 29.4 Å². The SMILES string of the molecule is CN[C@H]1Cc2c(cccc2CO)C#CCC[C@]23C[C@H]4C=C[C@H]5C[C@H](O)C[C@@]6(O)[C@H](CCC(C)C)C[C@](O)([C@H]4[C@@]56C=O)[C@@]2(O)C[C@@H]2C[C@H]1[C@@H]1OC(=O)C=C1[C@@]23CO. The molecule has 302 valence electrons. The van der Waals surface area contributed by atoms with Crippen molar-refractivity contribution in [3.05, 3.63) is 58.7 Å². The van der Waals surface area contributed by atoms with Gasteiger partial charge in [-0.25, -0.2) is 4.79 Å². The van der Waals surface area contributed by atoms with Gasteiger partial charge in [0.15, 0.2) is 0 Å². The molecule has 15 atom stereocenters. The van der Waals surface area contributed by atoms with Crippen LogP contribution in [-0.2, 0) is 27.4 Å². The topological polar surface area (TPSA) is 177 Å². The molecule has 56 heavy (non-hydrogen) atoms. The lowest BCUT2D eigenvalue weighted by atomic mass is 9.31. The quantitative estimate of drug-likeness (QED) is 0.0945. The van der Waals surface area contributed by atoms with Crippen LogP contribution in [0.25, 0.3) is 0 Å². The Labute approximate surface area is 329 Å². The van der Waals surface area contributed by atoms with Gasteiger partial charge in [0.05, 0.1) is 35.9 Å². The first-order valence-corrected chi connectivity index (χ1v) is 21.1. The second-order valence-corrected chi connectivity index (χ2v) is 19.5. The minimum absolute atomic E-state index is 0.0288. The zero-order valence-corrected chi connectivity index (χ0v) is 32.9. The van der Waals surface area contributed by atoms with E-state index in [1.807, 2.05) is 37.4 Å². The van der Waals surface area contributed by atoms with Crippen molar-refractivity contribution >= 4 is 12.3 Å². The highest BCUT2D eigenvalue weighted by molar-refractivity contribution is 5.87. The molecule has 1 aromatic rings. The second-order valence-electron chi connectivity index (χ2n) is 19.5. The Bertz CT molecular complexity index is 1930. The minimum Gasteiger partial charge on any atom is -0.454 e. The van der Waals surface area contributed by atoms with Crippen LogP contribution in [0.5, 0.6) is 0 Å². The summed E-state index contributed by atoms with van der Waals surface area (Å²) in [6.45, 7) is 3.69. The fourth-order valence-electron chi connectivity index (χ4n) is 15.4. The largest absolute Gasteiger partial charge is 0.454 e. The molecule has 10 nitrogen and oxygen atoms in total. The van der Waals surface area contributed by atoms with Crippen LogP contribution in [0.1, 0.15) is 94.7 Å². The molecule has 8 aliphatic carbocycles. The van der Waals surface area contributed by atoms with Crippen molar-refractivity contribution in [3.63, 3.8) is 0 Å². The Balaban J connectivity index is 1.30. The van der Waals surface area contributed by atoms with Crippen LogP contribution >= 0.6 is 0 Å². The molecule has 1 spiro atoms. The highest BCUT2D eigenvalue weighted by Gasteiger charge is 2.87. The summed E-state index contributed by atoms with van der Waals surface area (Å²) in [6.07, 6.45) is 8.54. The number of aldehydes is 1. The number of fused-ring (bicyclic) bond motifs is 4. The Kier molecular flexibility index (Phi) is 9.01. The van der Waals surface area contributed by atoms with Gasteiger partial charge in [-0.15, -0.1) is 0 Å². The number of ether oxygens (including phenoxy) is 1. The van der Waals surface area contributed by atoms with Crippen LogP contribution in [0.15, 0.2) is 42.0 Å². The van der Waals surface area contributed by atoms with Crippen LogP contribution in [-0.4, -0.2) is 91.6 Å². The summed E-state index contributed by atoms with van der Waals surface area (Å²) in [5.74, 6) is 3.53. The number of rotatable bonds is 7. The summed E-state index contributed by atoms with van der Waals surface area (Å²) in [4.78, 5) is 27.6. The van der Waals surface area contributed by atoms with Crippen molar-refractivity contribution in [3.8, 4) is 11.8 Å². The van der Waals surface area contributed by atoms with Crippen molar-refractivity contribution < 1.29 is 45.0 Å². The molecule has 1 heterocycles. The number of hydrogen-bond donors (Lipinski definition) is 7. The Hall–Kier alpha value is -2.88. The average molecular weight is 770 g/mol. The van der Waals surface area contributed by atoms with Gasteiger partial charge in [0.2, 0.25) is 0 Å². The number of aliphatic hydroxyl groups is 6. The first kappa shape index (κ1) is 38.6. The number of carbonyl (C=O) groups excluding carboxylic acids is 2. The lowest BCUT2D eigenvalue weighted by Crippen LogP contribution is -2.83. The van der Waals surface area contributed by atoms with Crippen LogP contribution in [0.3, 0.4) is 0 Å². The molecule has 7 N–H and O–H groups in total. The zero-order valence-electron chi connectivity index (χ0n) is 32.9. The van der Waals surface area contributed by atoms with E-state index in [1.165, 1.54) is 0 Å². The van der Waals surface area contributed by atoms with Gasteiger partial charge in [-0.2, -0.15) is 0 Å². The first-order valence-electron chi connectivity index (χ1n) is 21.1. The third-order valence-electron chi connectivity index (χ3n) is 17.4. The van der Waals surface area contributed by atoms with E-state index in [4.69, 9.17) is 4.74 Å². The molecule has 10 rings (SSSR count). The van der Waals surface area contributed by atoms with Crippen molar-refractivity contribution in [1.82, 2.24) is 5.32 Å². The first-order chi connectivity index (χ1) is 26.7. The van der Waals surface area contributed by atoms with Crippen LogP contribution in [0, 0.1) is 69.5 Å². The van der Waals surface area contributed by atoms with Crippen molar-refractivity contribution in [2.75, 3.05) is 13.7 Å². The second kappa shape index (κ2) is 13.1. The summed E-state index contributed by atoms with van der Waals surface area (Å²) >= 11 is 0. The van der Waals surface area contributed by atoms with Gasteiger partial charge in [0.1, 0.15) is 18.0 Å². The molecule has 0 saturated heterocycles. The normalized spacial score (nSPS) is 48.1. The molecular weight excluding hydrogens is 711 g/mol. The Morgan fingerprint density at radius 1 is 1.05 bits per heavy atom. The van der Waals surface area contributed by atoms with Gasteiger partial charge in [0, 0.05) is 53.2 Å². The predicted molar refractivity (Wildman–Crippen MR) is 206 cm³/mol. The van der Waals surface area contributed by atoms with E-state index >= 15 is 0 Å². The maximum Gasteiger partial charge on any atom is 0.331 e. The van der Waals surface area contributed by atoms with E-state index in [1.54, 1.807) is 6.08 Å². The average Bonchev–Trinajstić information content (AvgIpc) is 3.66. The number of nitrogens with one attached hydrogen (secondary N) is 1. The van der Waals surface area contributed by atoms with Crippen molar-refractivity contribution in [2.24, 2.45) is 57.7 Å². The lowest BCUT2D eigenvalue weighted by molar-refractivity contribution is -0.356. The van der Waals surface area contributed by atoms with Gasteiger partial charge >= 0.3 is 5.97 Å². The molecule has 10 heteroatoms. The number of aliphatic hydroxyl groups excluding tert-OH is 3. The van der Waals surface area contributed by atoms with Crippen LogP contribution in [0.4, 0.5) is 0 Å². The Morgan fingerprint density at radius 3 is 2.57 bits per heavy atom. The molecule has 0 radical (unpaired) electrons. The maximum atomic E-state index is 14.2. The van der Waals surface area contributed by atoms with E-state index < -0.39 is 74.9 Å². The third kappa shape index (κ3) is 4.60. The van der Waals surface area contributed by atoms with E-state index in [9.17, 15) is 40.2 Å². The smallest absolute Gasteiger partial charge is 0.331 e. The number of likely N-dealkylation sites (N-methyl/N-ethyl adjacent to an activating group) is 1. The minimum atomic E-state index is -1.87. The number of allylic oxidation sites excluding steroid dienone is 2. The molecule has 4 bridgehead atoms. The highest BCUT2D eigenvalue weighted by Crippen LogP contribution is 2.82. The van der Waals surface area contributed by atoms with Gasteiger partial charge in [-0.3, -0.25) is 0 Å². The van der Waals surface area contributed by atoms with Gasteiger partial charge < -0.3 is 45.5 Å². The molecule has 9 aliphatic rings. The van der Waals surface area contributed by atoms with Crippen LogP contribution in [0.2, 0.25) is 0 Å². The third-order valence-corrected chi connectivity index (χ3v) is 17.4. The summed E-state index contributed by atoms with van der Waals surface area (Å²) in [5.41, 5.74) is -5.97. The number of benzene rings is 1. The highest BCUT2D eigenvalue weighted by atomic mass is 16.5. The summed E-state index contributed by atoms with van der Waals surface area (Å²) in [5, 5.41) is 78.6. The molecule has 5 fully saturated rings. The number of esters is 1. The standard InChI is InChI=1S/C46H59NO9/c1-26(2)10-12-31-20-45(54)40-28(11-13-30-15-33(51)22-44(31,53)43(30,40)25-50)19-41-14-5-4-7-27-8-6-9-29(23-48)34(27)17-37(47-3)35-16-32(21-46(41,45)55)42(41,24-49)36-18-38(52)56-39(35)36/h6,8-9,11,13,18,25-26,28,30-33,35,37,39-40,47-49,51,53-55H,5,10,12,14-17,19-24H2,1-3H3/t28-,30+,31-,32+,33+,35-,37+,39+,40-,41-,42-,43-,44-,45+,46-/m1/s1. The van der Waals surface area contributed by atoms with E-state index in [0.29, 0.717) is 44.1 Å². The van der Waals surface area contributed by atoms with Gasteiger partial charge in [0.25, 0.3) is 0 Å². The molecule has 0 amide bonds. The Morgan fingerprint density at radius 2 is 1.86 bits per heavy atom. The van der Waals surface area contributed by atoms with E-state index in [2.05, 4.69) is 31.0 Å². The molecule has 0 unspecified atom stereocenters. The van der Waals surface area contributed by atoms with Gasteiger partial charge in [-0.05, 0) is 111 Å². The van der Waals surface area contributed by atoms with Crippen LogP contribution < -0.4 is 5.32 Å². The molecule has 5 saturated carbocycles. The lowest BCUT2D eigenvalue weighted by Gasteiger charge is -2.75. The fourth-order valence-corrected chi connectivity index (χ4v) is 15.4. The van der Waals surface area contributed by atoms with Crippen molar-refractivity contribution in [1.29, 1.82) is 0 Å². The molecule has 1 aromatic carbocycles. The van der Waals surface area contributed by atoms with Gasteiger partial charge in [-0.1, -0.05) is 56.4 Å². The van der Waals surface area contributed by atoms with E-state index in [-0.39, 0.29) is 62.7 Å². The summed E-state index contributed by atoms with van der Waals surface area (Å²) in [6, 6.07) is 5.52. The summed E-state index contributed by atoms with van der Waals surface area (Å²) < 4.78 is 6.24. The summed E-state index contributed by atoms with van der Waals surface area (Å²) in [7, 11) is 1.88. The number of hydrogen-bond acceptors (Lipinski definition) is 10. The monoisotopic (exact) mass is 769 g/mol. The molecular formula is C46H59NO9. The zero-order chi connectivity index (χ0) is 39.6.